The van der Waals surface area contributed by atoms with Crippen LogP contribution in [0.5, 0.6) is 0 Å². The zero-order valence-electron chi connectivity index (χ0n) is 10.8. The smallest absolute Gasteiger partial charge is 0.143 e. The van der Waals surface area contributed by atoms with Crippen LogP contribution in [0.3, 0.4) is 0 Å². The molecule has 2 aromatic rings. The molecule has 0 amide bonds. The summed E-state index contributed by atoms with van der Waals surface area (Å²) in [5, 5.41) is 0.538. The number of benzene rings is 2. The maximum Gasteiger partial charge on any atom is 0.143 e. The van der Waals surface area contributed by atoms with E-state index < -0.39 is 17.7 Å². The van der Waals surface area contributed by atoms with Crippen LogP contribution < -0.4 is 5.73 Å². The Hall–Kier alpha value is -0.970. The van der Waals surface area contributed by atoms with E-state index in [9.17, 15) is 8.78 Å². The van der Waals surface area contributed by atoms with Crippen LogP contribution in [-0.2, 0) is 6.42 Å². The van der Waals surface area contributed by atoms with Crippen LogP contribution in [0.2, 0.25) is 5.02 Å². The van der Waals surface area contributed by atoms with Gasteiger partial charge in [0.05, 0.1) is 4.47 Å². The summed E-state index contributed by atoms with van der Waals surface area (Å²) in [5.74, 6) is -1.23. The van der Waals surface area contributed by atoms with Crippen molar-refractivity contribution in [1.29, 1.82) is 0 Å². The molecule has 0 radical (unpaired) electrons. The number of rotatable bonds is 3. The monoisotopic (exact) mass is 359 g/mol. The topological polar surface area (TPSA) is 26.0 Å². The second kappa shape index (κ2) is 6.20. The lowest BCUT2D eigenvalue weighted by Gasteiger charge is -2.16. The summed E-state index contributed by atoms with van der Waals surface area (Å²) in [7, 11) is 0. The van der Waals surface area contributed by atoms with Gasteiger partial charge in [-0.15, -0.1) is 0 Å². The quantitative estimate of drug-likeness (QED) is 0.772. The van der Waals surface area contributed by atoms with Gasteiger partial charge in [-0.05, 0) is 52.5 Å². The minimum Gasteiger partial charge on any atom is -0.324 e. The van der Waals surface area contributed by atoms with E-state index in [1.165, 1.54) is 12.1 Å². The molecule has 0 spiro atoms. The summed E-state index contributed by atoms with van der Waals surface area (Å²) in [6, 6.07) is 7.43. The van der Waals surface area contributed by atoms with Crippen LogP contribution in [0.4, 0.5) is 8.78 Å². The van der Waals surface area contributed by atoms with Gasteiger partial charge in [0.2, 0.25) is 0 Å². The maximum atomic E-state index is 13.9. The molecule has 2 aromatic carbocycles. The summed E-state index contributed by atoms with van der Waals surface area (Å²) in [5.41, 5.74) is 7.58. The van der Waals surface area contributed by atoms with Crippen LogP contribution in [0.25, 0.3) is 0 Å². The second-order valence-corrected chi connectivity index (χ2v) is 5.84. The van der Waals surface area contributed by atoms with Gasteiger partial charge in [-0.3, -0.25) is 0 Å². The van der Waals surface area contributed by atoms with Crippen molar-refractivity contribution in [2.24, 2.45) is 5.73 Å². The standard InChI is InChI=1S/C15H13BrClF2N/c1-8-3-2-4-9(14(8)17)13(20)7-10-12(18)6-5-11(16)15(10)19/h2-6,13H,7,20H2,1H3. The molecule has 5 heteroatoms. The lowest BCUT2D eigenvalue weighted by Crippen LogP contribution is -2.16. The molecule has 0 heterocycles. The molecule has 1 unspecified atom stereocenters. The van der Waals surface area contributed by atoms with E-state index in [0.29, 0.717) is 10.6 Å². The van der Waals surface area contributed by atoms with Crippen molar-refractivity contribution in [2.45, 2.75) is 19.4 Å². The molecule has 2 rings (SSSR count). The molecule has 1 nitrogen and oxygen atoms in total. The first-order valence-electron chi connectivity index (χ1n) is 6.04. The molecule has 2 N–H and O–H groups in total. The van der Waals surface area contributed by atoms with E-state index in [1.807, 2.05) is 19.1 Å². The Labute approximate surface area is 129 Å². The van der Waals surface area contributed by atoms with Crippen molar-refractivity contribution in [3.05, 3.63) is 68.2 Å². The van der Waals surface area contributed by atoms with Crippen molar-refractivity contribution in [3.8, 4) is 0 Å². The number of hydrogen-bond acceptors (Lipinski definition) is 1. The van der Waals surface area contributed by atoms with Gasteiger partial charge in [-0.1, -0.05) is 29.8 Å². The largest absolute Gasteiger partial charge is 0.324 e. The first kappa shape index (κ1) is 15.4. The summed E-state index contributed by atoms with van der Waals surface area (Å²) in [4.78, 5) is 0. The molecule has 0 aliphatic carbocycles. The first-order valence-corrected chi connectivity index (χ1v) is 7.22. The highest BCUT2D eigenvalue weighted by atomic mass is 79.9. The predicted molar refractivity (Wildman–Crippen MR) is 80.9 cm³/mol. The minimum absolute atomic E-state index is 0.0375. The molecule has 0 saturated heterocycles. The Kier molecular flexibility index (Phi) is 4.78. The van der Waals surface area contributed by atoms with E-state index >= 15 is 0 Å². The summed E-state index contributed by atoms with van der Waals surface area (Å²) in [6.45, 7) is 1.86. The van der Waals surface area contributed by atoms with Gasteiger partial charge >= 0.3 is 0 Å². The average Bonchev–Trinajstić information content (AvgIpc) is 2.42. The number of nitrogens with two attached hydrogens (primary N) is 1. The molecule has 0 fully saturated rings. The highest BCUT2D eigenvalue weighted by molar-refractivity contribution is 9.10. The van der Waals surface area contributed by atoms with Crippen LogP contribution in [0, 0.1) is 18.6 Å². The Morgan fingerprint density at radius 1 is 1.25 bits per heavy atom. The van der Waals surface area contributed by atoms with E-state index in [-0.39, 0.29) is 16.5 Å². The van der Waals surface area contributed by atoms with Gasteiger partial charge in [0.15, 0.2) is 0 Å². The molecular weight excluding hydrogens is 348 g/mol. The molecule has 0 saturated carbocycles. The van der Waals surface area contributed by atoms with Gasteiger partial charge in [0.25, 0.3) is 0 Å². The van der Waals surface area contributed by atoms with Crippen molar-refractivity contribution in [2.75, 3.05) is 0 Å². The summed E-state index contributed by atoms with van der Waals surface area (Å²) >= 11 is 9.23. The fourth-order valence-electron chi connectivity index (χ4n) is 2.04. The molecule has 0 aliphatic rings. The number of hydrogen-bond donors (Lipinski definition) is 1. The average molecular weight is 361 g/mol. The van der Waals surface area contributed by atoms with Crippen molar-refractivity contribution in [3.63, 3.8) is 0 Å². The normalized spacial score (nSPS) is 12.5. The lowest BCUT2D eigenvalue weighted by atomic mass is 9.97. The fraction of sp³-hybridized carbons (Fsp3) is 0.200. The van der Waals surface area contributed by atoms with Crippen molar-refractivity contribution in [1.82, 2.24) is 0 Å². The van der Waals surface area contributed by atoms with E-state index in [0.717, 1.165) is 5.56 Å². The van der Waals surface area contributed by atoms with Crippen LogP contribution in [0.1, 0.15) is 22.7 Å². The molecule has 106 valence electrons. The third kappa shape index (κ3) is 3.03. The van der Waals surface area contributed by atoms with Gasteiger partial charge < -0.3 is 5.73 Å². The first-order chi connectivity index (χ1) is 9.41. The highest BCUT2D eigenvalue weighted by Crippen LogP contribution is 2.29. The van der Waals surface area contributed by atoms with E-state index in [4.69, 9.17) is 17.3 Å². The Balaban J connectivity index is 2.35. The SMILES string of the molecule is Cc1cccc(C(N)Cc2c(F)ccc(Br)c2F)c1Cl. The van der Waals surface area contributed by atoms with Crippen LogP contribution in [0.15, 0.2) is 34.8 Å². The van der Waals surface area contributed by atoms with E-state index in [1.54, 1.807) is 6.07 Å². The summed E-state index contributed by atoms with van der Waals surface area (Å²) in [6.07, 6.45) is 0.0419. The zero-order valence-corrected chi connectivity index (χ0v) is 13.1. The van der Waals surface area contributed by atoms with E-state index in [2.05, 4.69) is 15.9 Å². The summed E-state index contributed by atoms with van der Waals surface area (Å²) < 4.78 is 27.9. The minimum atomic E-state index is -0.621. The second-order valence-electron chi connectivity index (χ2n) is 4.61. The molecule has 20 heavy (non-hydrogen) atoms. The molecular formula is C15H13BrClF2N. The predicted octanol–water partition coefficient (Wildman–Crippen LogP) is 4.93. The van der Waals surface area contributed by atoms with Crippen molar-refractivity contribution < 1.29 is 8.78 Å². The van der Waals surface area contributed by atoms with Gasteiger partial charge in [0, 0.05) is 16.6 Å². The van der Waals surface area contributed by atoms with Gasteiger partial charge in [0.1, 0.15) is 11.6 Å². The highest BCUT2D eigenvalue weighted by Gasteiger charge is 2.18. The third-order valence-corrected chi connectivity index (χ3v) is 4.31. The maximum absolute atomic E-state index is 13.9. The molecule has 0 bridgehead atoms. The third-order valence-electron chi connectivity index (χ3n) is 3.18. The number of halogens is 4. The zero-order chi connectivity index (χ0) is 14.9. The molecule has 0 aromatic heterocycles. The van der Waals surface area contributed by atoms with Gasteiger partial charge in [-0.25, -0.2) is 8.78 Å². The van der Waals surface area contributed by atoms with Crippen LogP contribution in [-0.4, -0.2) is 0 Å². The lowest BCUT2D eigenvalue weighted by molar-refractivity contribution is 0.536. The number of aryl methyl sites for hydroxylation is 1. The Bertz CT molecular complexity index is 646. The van der Waals surface area contributed by atoms with Crippen LogP contribution >= 0.6 is 27.5 Å². The Morgan fingerprint density at radius 2 is 1.95 bits per heavy atom. The molecule has 0 aliphatic heterocycles. The van der Waals surface area contributed by atoms with Gasteiger partial charge in [-0.2, -0.15) is 0 Å². The Morgan fingerprint density at radius 3 is 2.65 bits per heavy atom. The van der Waals surface area contributed by atoms with Crippen molar-refractivity contribution >= 4 is 27.5 Å². The molecule has 1 atom stereocenters. The fourth-order valence-corrected chi connectivity index (χ4v) is 2.68.